The third kappa shape index (κ3) is 3.63. The van der Waals surface area contributed by atoms with Gasteiger partial charge >= 0.3 is 0 Å². The van der Waals surface area contributed by atoms with Gasteiger partial charge in [0.1, 0.15) is 0 Å². The first-order valence-corrected chi connectivity index (χ1v) is 7.25. The lowest BCUT2D eigenvalue weighted by Crippen LogP contribution is -2.41. The standard InChI is InChI=1S/C15H24N4O/c1-11(19-7-3-2-4-8-19)10-18-12-5-6-14(16)13(9-12)15(17)20/h5-6,9,11,18H,2-4,7-8,10,16H2,1H3,(H2,17,20). The van der Waals surface area contributed by atoms with Crippen molar-refractivity contribution in [3.63, 3.8) is 0 Å². The molecule has 5 nitrogen and oxygen atoms in total. The highest BCUT2D eigenvalue weighted by atomic mass is 16.1. The Bertz CT molecular complexity index is 469. The SMILES string of the molecule is CC(CNc1ccc(N)c(C(N)=O)c1)N1CCCCC1. The average Bonchev–Trinajstić information content (AvgIpc) is 2.46. The fourth-order valence-corrected chi connectivity index (χ4v) is 2.63. The van der Waals surface area contributed by atoms with Crippen molar-refractivity contribution >= 4 is 17.3 Å². The number of anilines is 2. The normalized spacial score (nSPS) is 17.6. The number of piperidine rings is 1. The van der Waals surface area contributed by atoms with Gasteiger partial charge in [0.15, 0.2) is 0 Å². The first kappa shape index (κ1) is 14.7. The molecular formula is C15H24N4O. The number of likely N-dealkylation sites (tertiary alicyclic amines) is 1. The number of hydrogen-bond acceptors (Lipinski definition) is 4. The molecule has 20 heavy (non-hydrogen) atoms. The third-order valence-electron chi connectivity index (χ3n) is 3.93. The monoisotopic (exact) mass is 276 g/mol. The van der Waals surface area contributed by atoms with Gasteiger partial charge in [-0.1, -0.05) is 6.42 Å². The van der Waals surface area contributed by atoms with Crippen LogP contribution in [-0.2, 0) is 0 Å². The molecule has 1 atom stereocenters. The van der Waals surface area contributed by atoms with Gasteiger partial charge < -0.3 is 16.8 Å². The number of primary amides is 1. The van der Waals surface area contributed by atoms with Crippen molar-refractivity contribution in [2.24, 2.45) is 5.73 Å². The van der Waals surface area contributed by atoms with Crippen LogP contribution in [0.4, 0.5) is 11.4 Å². The average molecular weight is 276 g/mol. The number of carbonyl (C=O) groups excluding carboxylic acids is 1. The van der Waals surface area contributed by atoms with E-state index in [-0.39, 0.29) is 0 Å². The summed E-state index contributed by atoms with van der Waals surface area (Å²) in [4.78, 5) is 13.8. The number of rotatable bonds is 5. The van der Waals surface area contributed by atoms with Crippen LogP contribution in [0.2, 0.25) is 0 Å². The van der Waals surface area contributed by atoms with E-state index in [9.17, 15) is 4.79 Å². The van der Waals surface area contributed by atoms with Crippen LogP contribution in [0.3, 0.4) is 0 Å². The van der Waals surface area contributed by atoms with Gasteiger partial charge in [0.05, 0.1) is 5.56 Å². The fraction of sp³-hybridized carbons (Fsp3) is 0.533. The minimum absolute atomic E-state index is 0.376. The topological polar surface area (TPSA) is 84.4 Å². The van der Waals surface area contributed by atoms with E-state index in [1.807, 2.05) is 6.07 Å². The molecule has 0 radical (unpaired) electrons. The molecule has 0 spiro atoms. The largest absolute Gasteiger partial charge is 0.398 e. The highest BCUT2D eigenvalue weighted by Crippen LogP contribution is 2.18. The Morgan fingerprint density at radius 3 is 2.70 bits per heavy atom. The Morgan fingerprint density at radius 2 is 2.05 bits per heavy atom. The summed E-state index contributed by atoms with van der Waals surface area (Å²) in [5.74, 6) is -0.491. The molecule has 1 aliphatic heterocycles. The molecule has 2 rings (SSSR count). The molecule has 1 aromatic rings. The van der Waals surface area contributed by atoms with Crippen LogP contribution in [0.25, 0.3) is 0 Å². The minimum Gasteiger partial charge on any atom is -0.398 e. The van der Waals surface area contributed by atoms with E-state index in [4.69, 9.17) is 11.5 Å². The van der Waals surface area contributed by atoms with Crippen LogP contribution in [0, 0.1) is 0 Å². The number of carbonyl (C=O) groups is 1. The second-order valence-corrected chi connectivity index (χ2v) is 5.49. The van der Waals surface area contributed by atoms with Crippen LogP contribution in [0.5, 0.6) is 0 Å². The number of nitrogens with zero attached hydrogens (tertiary/aromatic N) is 1. The number of benzene rings is 1. The molecule has 5 N–H and O–H groups in total. The molecule has 1 saturated heterocycles. The van der Waals surface area contributed by atoms with Gasteiger partial charge in [-0.3, -0.25) is 9.69 Å². The van der Waals surface area contributed by atoms with Gasteiger partial charge in [-0.25, -0.2) is 0 Å². The summed E-state index contributed by atoms with van der Waals surface area (Å²) >= 11 is 0. The van der Waals surface area contributed by atoms with E-state index in [1.165, 1.54) is 32.4 Å². The van der Waals surface area contributed by atoms with Crippen LogP contribution >= 0.6 is 0 Å². The highest BCUT2D eigenvalue weighted by molar-refractivity contribution is 5.98. The lowest BCUT2D eigenvalue weighted by atomic mass is 10.1. The lowest BCUT2D eigenvalue weighted by Gasteiger charge is -2.32. The molecular weight excluding hydrogens is 252 g/mol. The zero-order valence-electron chi connectivity index (χ0n) is 12.1. The number of nitrogens with two attached hydrogens (primary N) is 2. The molecule has 1 aromatic carbocycles. The molecule has 1 fully saturated rings. The molecule has 1 amide bonds. The lowest BCUT2D eigenvalue weighted by molar-refractivity contribution is 0.100. The van der Waals surface area contributed by atoms with Crippen LogP contribution in [0.15, 0.2) is 18.2 Å². The summed E-state index contributed by atoms with van der Waals surface area (Å²) in [6.45, 7) is 5.43. The first-order valence-electron chi connectivity index (χ1n) is 7.25. The smallest absolute Gasteiger partial charge is 0.250 e. The third-order valence-corrected chi connectivity index (χ3v) is 3.93. The Labute approximate surface area is 120 Å². The van der Waals surface area contributed by atoms with Gasteiger partial charge in [0, 0.05) is 24.0 Å². The summed E-state index contributed by atoms with van der Waals surface area (Å²) in [5.41, 5.74) is 12.7. The van der Waals surface area contributed by atoms with Gasteiger partial charge in [-0.15, -0.1) is 0 Å². The van der Waals surface area contributed by atoms with Gasteiger partial charge in [0.25, 0.3) is 5.91 Å². The molecule has 0 aromatic heterocycles. The van der Waals surface area contributed by atoms with Crippen molar-refractivity contribution in [3.05, 3.63) is 23.8 Å². The van der Waals surface area contributed by atoms with Gasteiger partial charge in [-0.05, 0) is 51.1 Å². The maximum atomic E-state index is 11.3. The molecule has 0 aliphatic carbocycles. The van der Waals surface area contributed by atoms with Crippen LogP contribution < -0.4 is 16.8 Å². The Hall–Kier alpha value is -1.75. The van der Waals surface area contributed by atoms with E-state index < -0.39 is 5.91 Å². The maximum Gasteiger partial charge on any atom is 0.250 e. The molecule has 1 unspecified atom stereocenters. The van der Waals surface area contributed by atoms with Crippen molar-refractivity contribution in [2.75, 3.05) is 30.7 Å². The summed E-state index contributed by atoms with van der Waals surface area (Å²) in [6, 6.07) is 5.80. The van der Waals surface area contributed by atoms with Gasteiger partial charge in [0.2, 0.25) is 0 Å². The quantitative estimate of drug-likeness (QED) is 0.714. The van der Waals surface area contributed by atoms with E-state index in [0.717, 1.165) is 12.2 Å². The van der Waals surface area contributed by atoms with Crippen molar-refractivity contribution in [1.82, 2.24) is 4.90 Å². The van der Waals surface area contributed by atoms with E-state index >= 15 is 0 Å². The molecule has 0 saturated carbocycles. The molecule has 1 aliphatic rings. The first-order chi connectivity index (χ1) is 9.58. The zero-order chi connectivity index (χ0) is 14.5. The zero-order valence-corrected chi connectivity index (χ0v) is 12.1. The summed E-state index contributed by atoms with van der Waals surface area (Å²) < 4.78 is 0. The second kappa shape index (κ2) is 6.61. The molecule has 5 heteroatoms. The van der Waals surface area contributed by atoms with Crippen molar-refractivity contribution < 1.29 is 4.79 Å². The second-order valence-electron chi connectivity index (χ2n) is 5.49. The Kier molecular flexibility index (Phi) is 4.84. The number of nitrogens with one attached hydrogen (secondary N) is 1. The maximum absolute atomic E-state index is 11.3. The van der Waals surface area contributed by atoms with Crippen molar-refractivity contribution in [2.45, 2.75) is 32.2 Å². The van der Waals surface area contributed by atoms with Crippen molar-refractivity contribution in [3.8, 4) is 0 Å². The minimum atomic E-state index is -0.491. The fourth-order valence-electron chi connectivity index (χ4n) is 2.63. The van der Waals surface area contributed by atoms with Crippen LogP contribution in [0.1, 0.15) is 36.5 Å². The highest BCUT2D eigenvalue weighted by Gasteiger charge is 2.16. The number of nitrogen functional groups attached to an aromatic ring is 1. The van der Waals surface area contributed by atoms with Crippen molar-refractivity contribution in [1.29, 1.82) is 0 Å². The predicted molar refractivity (Wildman–Crippen MR) is 82.7 cm³/mol. The molecule has 110 valence electrons. The van der Waals surface area contributed by atoms with E-state index in [1.54, 1.807) is 12.1 Å². The summed E-state index contributed by atoms with van der Waals surface area (Å²) in [5, 5.41) is 3.36. The predicted octanol–water partition coefficient (Wildman–Crippen LogP) is 1.65. The van der Waals surface area contributed by atoms with E-state index in [2.05, 4.69) is 17.1 Å². The van der Waals surface area contributed by atoms with E-state index in [0.29, 0.717) is 17.3 Å². The van der Waals surface area contributed by atoms with Crippen LogP contribution in [-0.4, -0.2) is 36.5 Å². The Morgan fingerprint density at radius 1 is 1.35 bits per heavy atom. The molecule has 0 bridgehead atoms. The number of hydrogen-bond donors (Lipinski definition) is 3. The Balaban J connectivity index is 1.93. The molecule has 1 heterocycles. The van der Waals surface area contributed by atoms with Gasteiger partial charge in [-0.2, -0.15) is 0 Å². The summed E-state index contributed by atoms with van der Waals surface area (Å²) in [6.07, 6.45) is 3.92. The number of amides is 1. The summed E-state index contributed by atoms with van der Waals surface area (Å²) in [7, 11) is 0.